The molecule has 2 heterocycles. The number of amides is 2. The second-order valence-electron chi connectivity index (χ2n) is 8.31. The summed E-state index contributed by atoms with van der Waals surface area (Å²) in [6, 6.07) is 9.36. The van der Waals surface area contributed by atoms with E-state index in [1.54, 1.807) is 6.20 Å². The lowest BCUT2D eigenvalue weighted by Gasteiger charge is -2.37. The minimum Gasteiger partial charge on any atom is -0.340 e. The van der Waals surface area contributed by atoms with Crippen molar-refractivity contribution in [2.24, 2.45) is 5.92 Å². The molecule has 0 unspecified atom stereocenters. The zero-order valence-corrected chi connectivity index (χ0v) is 17.1. The van der Waals surface area contributed by atoms with E-state index in [4.69, 9.17) is 0 Å². The summed E-state index contributed by atoms with van der Waals surface area (Å²) in [5.41, 5.74) is 1.66. The number of anilines is 1. The summed E-state index contributed by atoms with van der Waals surface area (Å²) in [5.74, 6) is 0.851. The second kappa shape index (κ2) is 8.91. The van der Waals surface area contributed by atoms with Gasteiger partial charge in [-0.1, -0.05) is 18.9 Å². The Morgan fingerprint density at radius 2 is 1.86 bits per heavy atom. The molecule has 1 saturated carbocycles. The lowest BCUT2D eigenvalue weighted by Crippen LogP contribution is -2.54. The number of hydrogen-bond donors (Lipinski definition) is 1. The minimum atomic E-state index is -0.242. The van der Waals surface area contributed by atoms with Gasteiger partial charge in [-0.25, -0.2) is 0 Å². The number of piperazine rings is 1. The van der Waals surface area contributed by atoms with E-state index in [1.165, 1.54) is 25.7 Å². The van der Waals surface area contributed by atoms with Crippen LogP contribution in [0.15, 0.2) is 36.5 Å². The van der Waals surface area contributed by atoms with Crippen molar-refractivity contribution in [1.29, 1.82) is 0 Å². The minimum absolute atomic E-state index is 0.0212. The van der Waals surface area contributed by atoms with Gasteiger partial charge in [-0.15, -0.1) is 0 Å². The molecule has 29 heavy (non-hydrogen) atoms. The molecule has 1 N–H and O–H groups in total. The molecule has 6 heteroatoms. The van der Waals surface area contributed by atoms with Crippen LogP contribution >= 0.6 is 0 Å². The maximum atomic E-state index is 12.8. The van der Waals surface area contributed by atoms with Gasteiger partial charge < -0.3 is 10.2 Å². The first-order valence-electron chi connectivity index (χ1n) is 10.8. The van der Waals surface area contributed by atoms with Crippen LogP contribution < -0.4 is 5.32 Å². The summed E-state index contributed by atoms with van der Waals surface area (Å²) in [7, 11) is 0. The van der Waals surface area contributed by atoms with Gasteiger partial charge in [0.05, 0.1) is 17.2 Å². The van der Waals surface area contributed by atoms with Crippen molar-refractivity contribution < 1.29 is 9.59 Å². The number of nitrogens with one attached hydrogen (secondary N) is 1. The standard InChI is InChI=1S/C23H30N4O2/c1-17(23(29)25-21-10-4-9-20-19(21)8-5-11-24-20)26-12-14-27(15-13-26)22(28)16-18-6-2-3-7-18/h4-5,8-11,17-18H,2-3,6-7,12-16H2,1H3,(H,25,29)/t17-/m0/s1. The first kappa shape index (κ1) is 19.8. The van der Waals surface area contributed by atoms with Crippen LogP contribution in [0, 0.1) is 5.92 Å². The van der Waals surface area contributed by atoms with Gasteiger partial charge in [0.25, 0.3) is 0 Å². The van der Waals surface area contributed by atoms with Crippen LogP contribution in [0.2, 0.25) is 0 Å². The van der Waals surface area contributed by atoms with Gasteiger partial charge in [-0.2, -0.15) is 0 Å². The van der Waals surface area contributed by atoms with Crippen LogP contribution in [0.25, 0.3) is 10.9 Å². The van der Waals surface area contributed by atoms with Crippen LogP contribution in [-0.2, 0) is 9.59 Å². The van der Waals surface area contributed by atoms with Gasteiger partial charge in [0.1, 0.15) is 0 Å². The average Bonchev–Trinajstić information content (AvgIpc) is 3.26. The van der Waals surface area contributed by atoms with Crippen molar-refractivity contribution >= 4 is 28.4 Å². The predicted octanol–water partition coefficient (Wildman–Crippen LogP) is 3.29. The second-order valence-corrected chi connectivity index (χ2v) is 8.31. The van der Waals surface area contributed by atoms with Crippen LogP contribution in [0.4, 0.5) is 5.69 Å². The molecular weight excluding hydrogens is 364 g/mol. The molecule has 154 valence electrons. The van der Waals surface area contributed by atoms with Crippen molar-refractivity contribution in [3.8, 4) is 0 Å². The normalized spacial score (nSPS) is 19.4. The quantitative estimate of drug-likeness (QED) is 0.845. The highest BCUT2D eigenvalue weighted by molar-refractivity contribution is 6.02. The number of carbonyl (C=O) groups is 2. The van der Waals surface area contributed by atoms with E-state index < -0.39 is 0 Å². The lowest BCUT2D eigenvalue weighted by atomic mass is 10.0. The zero-order chi connectivity index (χ0) is 20.2. The van der Waals surface area contributed by atoms with Crippen LogP contribution in [0.3, 0.4) is 0 Å². The highest BCUT2D eigenvalue weighted by atomic mass is 16.2. The first-order valence-corrected chi connectivity index (χ1v) is 10.8. The van der Waals surface area contributed by atoms with Gasteiger partial charge in [0.2, 0.25) is 11.8 Å². The third-order valence-electron chi connectivity index (χ3n) is 6.44. The Hall–Kier alpha value is -2.47. The fraction of sp³-hybridized carbons (Fsp3) is 0.522. The number of fused-ring (bicyclic) bond motifs is 1. The Balaban J connectivity index is 1.31. The number of carbonyl (C=O) groups excluding carboxylic acids is 2. The highest BCUT2D eigenvalue weighted by Crippen LogP contribution is 2.28. The molecule has 1 saturated heterocycles. The average molecular weight is 395 g/mol. The van der Waals surface area contributed by atoms with E-state index in [9.17, 15) is 9.59 Å². The van der Waals surface area contributed by atoms with E-state index in [2.05, 4.69) is 15.2 Å². The smallest absolute Gasteiger partial charge is 0.241 e. The van der Waals surface area contributed by atoms with E-state index >= 15 is 0 Å². The number of benzene rings is 1. The maximum absolute atomic E-state index is 12.8. The molecule has 1 atom stereocenters. The van der Waals surface area contributed by atoms with Gasteiger partial charge in [0, 0.05) is 44.2 Å². The number of aromatic nitrogens is 1. The molecule has 0 bridgehead atoms. The van der Waals surface area contributed by atoms with Gasteiger partial charge >= 0.3 is 0 Å². The molecular formula is C23H30N4O2. The van der Waals surface area contributed by atoms with Crippen LogP contribution in [0.1, 0.15) is 39.0 Å². The van der Waals surface area contributed by atoms with Gasteiger partial charge in [-0.05, 0) is 49.9 Å². The fourth-order valence-corrected chi connectivity index (χ4v) is 4.56. The number of rotatable bonds is 5. The molecule has 2 aliphatic rings. The molecule has 6 nitrogen and oxygen atoms in total. The molecule has 1 aliphatic carbocycles. The van der Waals surface area contributed by atoms with Crippen molar-refractivity contribution in [3.63, 3.8) is 0 Å². The van der Waals surface area contributed by atoms with E-state index in [0.29, 0.717) is 25.4 Å². The third kappa shape index (κ3) is 4.58. The van der Waals surface area contributed by atoms with Gasteiger partial charge in [0.15, 0.2) is 0 Å². The monoisotopic (exact) mass is 394 g/mol. The predicted molar refractivity (Wildman–Crippen MR) is 115 cm³/mol. The summed E-state index contributed by atoms with van der Waals surface area (Å²) < 4.78 is 0. The summed E-state index contributed by atoms with van der Waals surface area (Å²) in [5, 5.41) is 4.01. The van der Waals surface area contributed by atoms with Crippen molar-refractivity contribution in [2.45, 2.75) is 45.1 Å². The third-order valence-corrected chi connectivity index (χ3v) is 6.44. The zero-order valence-electron chi connectivity index (χ0n) is 17.1. The molecule has 1 aromatic heterocycles. The molecule has 0 radical (unpaired) electrons. The van der Waals surface area contributed by atoms with Crippen LogP contribution in [-0.4, -0.2) is 58.8 Å². The largest absolute Gasteiger partial charge is 0.340 e. The molecule has 4 rings (SSSR count). The fourth-order valence-electron chi connectivity index (χ4n) is 4.56. The summed E-state index contributed by atoms with van der Waals surface area (Å²) in [4.78, 5) is 33.9. The molecule has 2 amide bonds. The Morgan fingerprint density at radius 1 is 1.10 bits per heavy atom. The van der Waals surface area contributed by atoms with E-state index in [-0.39, 0.29) is 17.9 Å². The number of pyridine rings is 1. The van der Waals surface area contributed by atoms with E-state index in [1.807, 2.05) is 42.2 Å². The first-order chi connectivity index (χ1) is 14.1. The molecule has 1 aromatic carbocycles. The summed E-state index contributed by atoms with van der Waals surface area (Å²) >= 11 is 0. The molecule has 2 aromatic rings. The summed E-state index contributed by atoms with van der Waals surface area (Å²) in [6.07, 6.45) is 7.39. The number of hydrogen-bond acceptors (Lipinski definition) is 4. The maximum Gasteiger partial charge on any atom is 0.241 e. The molecule has 0 spiro atoms. The topological polar surface area (TPSA) is 65.5 Å². The molecule has 1 aliphatic heterocycles. The van der Waals surface area contributed by atoms with Gasteiger partial charge in [-0.3, -0.25) is 19.5 Å². The van der Waals surface area contributed by atoms with Crippen LogP contribution in [0.5, 0.6) is 0 Å². The van der Waals surface area contributed by atoms with Crippen molar-refractivity contribution in [1.82, 2.24) is 14.8 Å². The van der Waals surface area contributed by atoms with Crippen molar-refractivity contribution in [3.05, 3.63) is 36.5 Å². The number of nitrogens with zero attached hydrogens (tertiary/aromatic N) is 3. The lowest BCUT2D eigenvalue weighted by molar-refractivity contribution is -0.134. The summed E-state index contributed by atoms with van der Waals surface area (Å²) in [6.45, 7) is 4.83. The Bertz CT molecular complexity index is 865. The Morgan fingerprint density at radius 3 is 2.62 bits per heavy atom. The molecule has 2 fully saturated rings. The van der Waals surface area contributed by atoms with E-state index in [0.717, 1.165) is 29.7 Å². The van der Waals surface area contributed by atoms with Crippen molar-refractivity contribution in [2.75, 3.05) is 31.5 Å². The highest BCUT2D eigenvalue weighted by Gasteiger charge is 2.29. The Kier molecular flexibility index (Phi) is 6.09. The Labute approximate surface area is 172 Å². The SMILES string of the molecule is C[C@@H](C(=O)Nc1cccc2ncccc12)N1CCN(C(=O)CC2CCCC2)CC1.